The normalized spacial score (nSPS) is 13.8. The SMILES string of the molecule is O=C(O)c1ccc2c(c1)CC=NS2. The molecule has 1 aliphatic heterocycles. The van der Waals surface area contributed by atoms with Crippen molar-refractivity contribution in [2.24, 2.45) is 4.40 Å². The minimum atomic E-state index is -0.879. The van der Waals surface area contributed by atoms with Crippen molar-refractivity contribution in [2.45, 2.75) is 11.3 Å². The molecule has 13 heavy (non-hydrogen) atoms. The van der Waals surface area contributed by atoms with Crippen LogP contribution in [0.5, 0.6) is 0 Å². The zero-order valence-corrected chi connectivity index (χ0v) is 7.54. The molecule has 1 aromatic carbocycles. The van der Waals surface area contributed by atoms with Crippen molar-refractivity contribution in [3.05, 3.63) is 29.3 Å². The summed E-state index contributed by atoms with van der Waals surface area (Å²) in [5.41, 5.74) is 1.38. The van der Waals surface area contributed by atoms with E-state index >= 15 is 0 Å². The van der Waals surface area contributed by atoms with Crippen LogP contribution in [0.1, 0.15) is 15.9 Å². The topological polar surface area (TPSA) is 49.7 Å². The van der Waals surface area contributed by atoms with E-state index in [1.807, 2.05) is 0 Å². The molecule has 66 valence electrons. The summed E-state index contributed by atoms with van der Waals surface area (Å²) in [4.78, 5) is 11.7. The molecule has 0 saturated heterocycles. The summed E-state index contributed by atoms with van der Waals surface area (Å²) >= 11 is 1.39. The predicted molar refractivity (Wildman–Crippen MR) is 51.5 cm³/mol. The molecule has 1 heterocycles. The van der Waals surface area contributed by atoms with Gasteiger partial charge in [-0.3, -0.25) is 0 Å². The highest BCUT2D eigenvalue weighted by Crippen LogP contribution is 2.27. The Morgan fingerprint density at radius 2 is 2.38 bits per heavy atom. The fourth-order valence-corrected chi connectivity index (χ4v) is 1.84. The number of hydrogen-bond donors (Lipinski definition) is 1. The summed E-state index contributed by atoms with van der Waals surface area (Å²) in [6.45, 7) is 0. The van der Waals surface area contributed by atoms with Gasteiger partial charge in [0.2, 0.25) is 0 Å². The van der Waals surface area contributed by atoms with Crippen molar-refractivity contribution >= 4 is 24.1 Å². The first-order valence-corrected chi connectivity index (χ1v) is 4.60. The molecule has 2 rings (SSSR count). The molecule has 1 N–H and O–H groups in total. The Balaban J connectivity index is 2.44. The maximum absolute atomic E-state index is 10.6. The molecular weight excluding hydrogens is 186 g/mol. The zero-order chi connectivity index (χ0) is 9.26. The number of hydrogen-bond acceptors (Lipinski definition) is 3. The molecule has 0 radical (unpaired) electrons. The second-order valence-corrected chi connectivity index (χ2v) is 3.54. The molecule has 0 aromatic heterocycles. The molecule has 0 aliphatic carbocycles. The molecule has 1 aliphatic rings. The number of aromatic carboxylic acids is 1. The summed E-state index contributed by atoms with van der Waals surface area (Å²) < 4.78 is 4.04. The molecule has 3 nitrogen and oxygen atoms in total. The average Bonchev–Trinajstić information content (AvgIpc) is 2.17. The molecule has 0 atom stereocenters. The minimum absolute atomic E-state index is 0.342. The van der Waals surface area contributed by atoms with Gasteiger partial charge in [0, 0.05) is 29.5 Å². The Bertz CT molecular complexity index is 387. The first-order valence-electron chi connectivity index (χ1n) is 3.82. The van der Waals surface area contributed by atoms with Gasteiger partial charge in [0.05, 0.1) is 5.56 Å². The summed E-state index contributed by atoms with van der Waals surface area (Å²) in [5, 5.41) is 8.75. The lowest BCUT2D eigenvalue weighted by molar-refractivity contribution is 0.0696. The molecule has 4 heteroatoms. The number of carboxylic acids is 1. The van der Waals surface area contributed by atoms with Gasteiger partial charge in [-0.15, -0.1) is 0 Å². The van der Waals surface area contributed by atoms with Crippen LogP contribution in [-0.4, -0.2) is 17.3 Å². The molecule has 0 fully saturated rings. The van der Waals surface area contributed by atoms with Crippen molar-refractivity contribution in [2.75, 3.05) is 0 Å². The van der Waals surface area contributed by atoms with Crippen LogP contribution < -0.4 is 0 Å². The molecule has 1 aromatic rings. The van der Waals surface area contributed by atoms with Crippen LogP contribution in [0.4, 0.5) is 0 Å². The second-order valence-electron chi connectivity index (χ2n) is 2.71. The van der Waals surface area contributed by atoms with Crippen molar-refractivity contribution in [1.82, 2.24) is 0 Å². The van der Waals surface area contributed by atoms with E-state index in [1.165, 1.54) is 11.9 Å². The van der Waals surface area contributed by atoms with Gasteiger partial charge in [-0.1, -0.05) is 0 Å². The third kappa shape index (κ3) is 1.58. The fourth-order valence-electron chi connectivity index (χ4n) is 1.19. The van der Waals surface area contributed by atoms with Crippen LogP contribution in [0.2, 0.25) is 0 Å². The molecule has 0 saturated carbocycles. The van der Waals surface area contributed by atoms with Gasteiger partial charge in [-0.05, 0) is 23.8 Å². The Morgan fingerprint density at radius 1 is 1.54 bits per heavy atom. The highest BCUT2D eigenvalue weighted by atomic mass is 32.2. The monoisotopic (exact) mass is 193 g/mol. The molecule has 0 amide bonds. The zero-order valence-electron chi connectivity index (χ0n) is 6.73. The van der Waals surface area contributed by atoms with E-state index in [2.05, 4.69) is 4.40 Å². The quantitative estimate of drug-likeness (QED) is 0.694. The van der Waals surface area contributed by atoms with Crippen LogP contribution in [0, 0.1) is 0 Å². The highest BCUT2D eigenvalue weighted by molar-refractivity contribution is 7.98. The van der Waals surface area contributed by atoms with Crippen molar-refractivity contribution < 1.29 is 9.90 Å². The Morgan fingerprint density at radius 3 is 3.15 bits per heavy atom. The van der Waals surface area contributed by atoms with E-state index in [-0.39, 0.29) is 0 Å². The number of carbonyl (C=O) groups is 1. The number of benzene rings is 1. The van der Waals surface area contributed by atoms with Gasteiger partial charge >= 0.3 is 5.97 Å². The summed E-state index contributed by atoms with van der Waals surface area (Å²) in [6.07, 6.45) is 2.52. The summed E-state index contributed by atoms with van der Waals surface area (Å²) in [5.74, 6) is -0.879. The minimum Gasteiger partial charge on any atom is -0.478 e. The second kappa shape index (κ2) is 3.22. The van der Waals surface area contributed by atoms with Crippen molar-refractivity contribution in [1.29, 1.82) is 0 Å². The van der Waals surface area contributed by atoms with E-state index in [1.54, 1.807) is 24.4 Å². The number of nitrogens with zero attached hydrogens (tertiary/aromatic N) is 1. The predicted octanol–water partition coefficient (Wildman–Crippen LogP) is 2.02. The Kier molecular flexibility index (Phi) is 2.06. The highest BCUT2D eigenvalue weighted by Gasteiger charge is 2.10. The number of fused-ring (bicyclic) bond motifs is 1. The lowest BCUT2D eigenvalue weighted by Gasteiger charge is -2.08. The maximum atomic E-state index is 10.6. The Labute approximate surface area is 79.6 Å². The van der Waals surface area contributed by atoms with Gasteiger partial charge in [-0.2, -0.15) is 0 Å². The average molecular weight is 193 g/mol. The molecular formula is C9H7NO2S. The van der Waals surface area contributed by atoms with Crippen LogP contribution in [0.15, 0.2) is 27.5 Å². The van der Waals surface area contributed by atoms with E-state index in [0.717, 1.165) is 16.9 Å². The fraction of sp³-hybridized carbons (Fsp3) is 0.111. The van der Waals surface area contributed by atoms with Gasteiger partial charge < -0.3 is 5.11 Å². The standard InChI is InChI=1S/C9H7NO2S/c11-9(12)7-1-2-8-6(5-7)3-4-10-13-8/h1-2,4-5H,3H2,(H,11,12). The van der Waals surface area contributed by atoms with Gasteiger partial charge in [0.25, 0.3) is 0 Å². The smallest absolute Gasteiger partial charge is 0.335 e. The lowest BCUT2D eigenvalue weighted by atomic mass is 10.1. The molecule has 0 spiro atoms. The molecule has 0 unspecified atom stereocenters. The van der Waals surface area contributed by atoms with Crippen LogP contribution in [-0.2, 0) is 6.42 Å². The van der Waals surface area contributed by atoms with Gasteiger partial charge in [0.1, 0.15) is 0 Å². The third-order valence-electron chi connectivity index (χ3n) is 1.84. The van der Waals surface area contributed by atoms with E-state index in [9.17, 15) is 4.79 Å². The summed E-state index contributed by atoms with van der Waals surface area (Å²) in [6, 6.07) is 5.12. The third-order valence-corrected chi connectivity index (χ3v) is 2.69. The van der Waals surface area contributed by atoms with Crippen LogP contribution in [0.3, 0.4) is 0 Å². The van der Waals surface area contributed by atoms with Gasteiger partial charge in [-0.25, -0.2) is 9.19 Å². The van der Waals surface area contributed by atoms with E-state index in [0.29, 0.717) is 5.56 Å². The van der Waals surface area contributed by atoms with E-state index in [4.69, 9.17) is 5.11 Å². The van der Waals surface area contributed by atoms with Crippen molar-refractivity contribution in [3.8, 4) is 0 Å². The first kappa shape index (κ1) is 8.31. The number of rotatable bonds is 1. The maximum Gasteiger partial charge on any atom is 0.335 e. The summed E-state index contributed by atoms with van der Waals surface area (Å²) in [7, 11) is 0. The van der Waals surface area contributed by atoms with E-state index < -0.39 is 5.97 Å². The number of carboxylic acid groups (broad SMARTS) is 1. The molecule has 0 bridgehead atoms. The van der Waals surface area contributed by atoms with Gasteiger partial charge in [0.15, 0.2) is 0 Å². The van der Waals surface area contributed by atoms with Crippen LogP contribution in [0.25, 0.3) is 0 Å². The first-order chi connectivity index (χ1) is 6.27. The van der Waals surface area contributed by atoms with Crippen LogP contribution >= 0.6 is 11.9 Å². The Hall–Kier alpha value is -1.29. The largest absolute Gasteiger partial charge is 0.478 e. The lowest BCUT2D eigenvalue weighted by Crippen LogP contribution is -2.00. The van der Waals surface area contributed by atoms with Crippen molar-refractivity contribution in [3.63, 3.8) is 0 Å².